The molecule has 3 heterocycles. The van der Waals surface area contributed by atoms with Crippen LogP contribution < -0.4 is 15.8 Å². The van der Waals surface area contributed by atoms with E-state index in [2.05, 4.69) is 16.4 Å². The molecule has 43 heavy (non-hydrogen) atoms. The fourth-order valence-corrected chi connectivity index (χ4v) is 5.97. The number of hydrogen-bond donors (Lipinski definition) is 2. The van der Waals surface area contributed by atoms with E-state index >= 15 is 0 Å². The minimum atomic E-state index is -1.19. The first kappa shape index (κ1) is 28.0. The van der Waals surface area contributed by atoms with Crippen molar-refractivity contribution in [1.29, 1.82) is 0 Å². The van der Waals surface area contributed by atoms with Gasteiger partial charge < -0.3 is 15.3 Å². The van der Waals surface area contributed by atoms with Crippen molar-refractivity contribution in [2.45, 2.75) is 46.3 Å². The van der Waals surface area contributed by atoms with Gasteiger partial charge in [0.25, 0.3) is 17.4 Å². The molecule has 2 aliphatic heterocycles. The first-order valence-corrected chi connectivity index (χ1v) is 14.2. The van der Waals surface area contributed by atoms with Crippen molar-refractivity contribution in [2.24, 2.45) is 10.9 Å². The second-order valence-corrected chi connectivity index (χ2v) is 11.4. The van der Waals surface area contributed by atoms with Crippen molar-refractivity contribution in [2.75, 3.05) is 11.4 Å². The maximum absolute atomic E-state index is 14.2. The molecule has 3 aromatic carbocycles. The number of carbonyl (C=O) groups is 3. The van der Waals surface area contributed by atoms with Crippen LogP contribution in [0, 0.1) is 19.8 Å². The van der Waals surface area contributed by atoms with Crippen LogP contribution in [0.15, 0.2) is 70.5 Å². The molecule has 2 amide bonds. The number of nitrogens with one attached hydrogen (secondary N) is 1. The number of aryl methyl sites for hydroxylation is 2. The number of benzene rings is 3. The number of hydrogen-bond acceptors (Lipinski definition) is 6. The summed E-state index contributed by atoms with van der Waals surface area (Å²) in [6.45, 7) is 7.55. The molecule has 4 aromatic rings. The van der Waals surface area contributed by atoms with Crippen LogP contribution in [-0.4, -0.2) is 50.7 Å². The smallest absolute Gasteiger partial charge is 0.326 e. The van der Waals surface area contributed by atoms with Crippen molar-refractivity contribution < 1.29 is 19.5 Å². The summed E-state index contributed by atoms with van der Waals surface area (Å²) in [5, 5.41) is 12.2. The Hall–Kier alpha value is -5.12. The Morgan fingerprint density at radius 1 is 1.02 bits per heavy atom. The maximum atomic E-state index is 14.2. The van der Waals surface area contributed by atoms with Crippen LogP contribution in [0.3, 0.4) is 0 Å². The third-order valence-corrected chi connectivity index (χ3v) is 8.05. The van der Waals surface area contributed by atoms with E-state index in [1.807, 2.05) is 43.3 Å². The molecule has 0 radical (unpaired) electrons. The Bertz CT molecular complexity index is 1910. The predicted octanol–water partition coefficient (Wildman–Crippen LogP) is 3.79. The second-order valence-electron chi connectivity index (χ2n) is 11.4. The molecule has 10 nitrogen and oxygen atoms in total. The number of nitrogens with zero attached hydrogens (tertiary/aromatic N) is 4. The van der Waals surface area contributed by atoms with Gasteiger partial charge in [-0.3, -0.25) is 19.0 Å². The van der Waals surface area contributed by atoms with E-state index in [1.54, 1.807) is 25.7 Å². The molecule has 0 aliphatic carbocycles. The molecule has 2 unspecified atom stereocenters. The largest absolute Gasteiger partial charge is 0.480 e. The van der Waals surface area contributed by atoms with Crippen LogP contribution >= 0.6 is 0 Å². The van der Waals surface area contributed by atoms with Crippen molar-refractivity contribution >= 4 is 40.1 Å². The molecule has 2 N–H and O–H groups in total. The van der Waals surface area contributed by atoms with Crippen molar-refractivity contribution in [3.63, 3.8) is 0 Å². The zero-order valence-electron chi connectivity index (χ0n) is 24.3. The Labute approximate surface area is 247 Å². The summed E-state index contributed by atoms with van der Waals surface area (Å²) in [5.74, 6) is -2.09. The summed E-state index contributed by atoms with van der Waals surface area (Å²) in [6, 6.07) is 17.1. The van der Waals surface area contributed by atoms with Gasteiger partial charge in [-0.15, -0.1) is 0 Å². The van der Waals surface area contributed by atoms with Crippen molar-refractivity contribution in [1.82, 2.24) is 14.9 Å². The zero-order valence-corrected chi connectivity index (χ0v) is 24.3. The maximum Gasteiger partial charge on any atom is 0.326 e. The Balaban J connectivity index is 1.48. The van der Waals surface area contributed by atoms with Crippen LogP contribution in [0.5, 0.6) is 0 Å². The first-order chi connectivity index (χ1) is 20.5. The van der Waals surface area contributed by atoms with Gasteiger partial charge in [0.05, 0.1) is 22.3 Å². The molecule has 0 fully saturated rings. The molecule has 218 valence electrons. The second kappa shape index (κ2) is 10.6. The van der Waals surface area contributed by atoms with Gasteiger partial charge in [-0.2, -0.15) is 0 Å². The lowest BCUT2D eigenvalue weighted by atomic mass is 9.96. The van der Waals surface area contributed by atoms with E-state index in [0.717, 1.165) is 27.9 Å². The monoisotopic (exact) mass is 577 g/mol. The number of aliphatic carboxylic acids is 1. The average molecular weight is 578 g/mol. The summed E-state index contributed by atoms with van der Waals surface area (Å²) in [6.07, 6.45) is -0.484. The molecule has 0 spiro atoms. The molecule has 6 rings (SSSR count). The van der Waals surface area contributed by atoms with Gasteiger partial charge in [0, 0.05) is 23.2 Å². The highest BCUT2D eigenvalue weighted by atomic mass is 16.4. The molecule has 2 aliphatic rings. The van der Waals surface area contributed by atoms with Gasteiger partial charge in [0.1, 0.15) is 11.9 Å². The first-order valence-electron chi connectivity index (χ1n) is 14.2. The third-order valence-electron chi connectivity index (χ3n) is 8.05. The van der Waals surface area contributed by atoms with Crippen LogP contribution in [0.2, 0.25) is 0 Å². The minimum absolute atomic E-state index is 0.175. The summed E-state index contributed by atoms with van der Waals surface area (Å²) in [7, 11) is 0. The standard InChI is InChI=1S/C33H31N5O5/c1-17(2)26(33(42)43)36-30(39)22-10-11-23-25(16-22)34-19(4)38(31(23)40)29-32(41)37-13-12-21-14-18(3)15-24(28(21)37)27(35-29)20-8-6-5-7-9-20/h5-11,14-17,26,29H,12-13H2,1-4H3,(H,36,39)(H,42,43). The number of carboxylic acid groups (broad SMARTS) is 1. The molecule has 2 atom stereocenters. The fourth-order valence-electron chi connectivity index (χ4n) is 5.97. The zero-order chi connectivity index (χ0) is 30.6. The van der Waals surface area contributed by atoms with E-state index in [4.69, 9.17) is 4.99 Å². The molecular formula is C33H31N5O5. The van der Waals surface area contributed by atoms with Crippen LogP contribution in [0.1, 0.15) is 58.4 Å². The summed E-state index contributed by atoms with van der Waals surface area (Å²) >= 11 is 0. The normalized spacial score (nSPS) is 16.6. The topological polar surface area (TPSA) is 134 Å². The van der Waals surface area contributed by atoms with E-state index in [0.29, 0.717) is 18.7 Å². The summed E-state index contributed by atoms with van der Waals surface area (Å²) < 4.78 is 1.32. The van der Waals surface area contributed by atoms with E-state index in [1.165, 1.54) is 22.8 Å². The molecular weight excluding hydrogens is 546 g/mol. The lowest BCUT2D eigenvalue weighted by Gasteiger charge is -2.23. The third kappa shape index (κ3) is 4.78. The predicted molar refractivity (Wildman–Crippen MR) is 163 cm³/mol. The summed E-state index contributed by atoms with van der Waals surface area (Å²) in [5.41, 5.74) is 5.25. The average Bonchev–Trinajstić information content (AvgIpc) is 3.35. The van der Waals surface area contributed by atoms with E-state index < -0.39 is 29.6 Å². The number of carboxylic acids is 1. The highest BCUT2D eigenvalue weighted by Gasteiger charge is 2.38. The van der Waals surface area contributed by atoms with Crippen LogP contribution in [0.4, 0.5) is 5.69 Å². The van der Waals surface area contributed by atoms with Gasteiger partial charge >= 0.3 is 5.97 Å². The number of anilines is 1. The van der Waals surface area contributed by atoms with Gasteiger partial charge in [-0.25, -0.2) is 14.8 Å². The van der Waals surface area contributed by atoms with Gasteiger partial charge in [-0.05, 0) is 56.0 Å². The fraction of sp³-hybridized carbons (Fsp3) is 0.273. The van der Waals surface area contributed by atoms with Crippen molar-refractivity contribution in [3.05, 3.63) is 105 Å². The Morgan fingerprint density at radius 2 is 1.77 bits per heavy atom. The lowest BCUT2D eigenvalue weighted by molar-refractivity contribution is -0.140. The molecule has 1 aromatic heterocycles. The minimum Gasteiger partial charge on any atom is -0.480 e. The number of carbonyl (C=O) groups excluding carboxylic acids is 2. The Morgan fingerprint density at radius 3 is 2.47 bits per heavy atom. The SMILES string of the molecule is Cc1cc2c3c(c1)C(c1ccccc1)=NC(n1c(C)nc4cc(C(=O)NC(C(=O)O)C(C)C)ccc4c1=O)C(=O)N3CC2. The number of aliphatic imine (C=N–C) groups is 1. The van der Waals surface area contributed by atoms with Gasteiger partial charge in [-0.1, -0.05) is 55.8 Å². The van der Waals surface area contributed by atoms with E-state index in [9.17, 15) is 24.3 Å². The number of rotatable bonds is 6. The Kier molecular flexibility index (Phi) is 6.92. The number of aromatic nitrogens is 2. The highest BCUT2D eigenvalue weighted by Crippen LogP contribution is 2.39. The van der Waals surface area contributed by atoms with E-state index in [-0.39, 0.29) is 34.1 Å². The molecule has 0 bridgehead atoms. The molecule has 0 saturated heterocycles. The van der Waals surface area contributed by atoms with Crippen molar-refractivity contribution in [3.8, 4) is 0 Å². The summed E-state index contributed by atoms with van der Waals surface area (Å²) in [4.78, 5) is 64.0. The highest BCUT2D eigenvalue weighted by molar-refractivity contribution is 6.20. The molecule has 0 saturated carbocycles. The lowest BCUT2D eigenvalue weighted by Crippen LogP contribution is -2.44. The quantitative estimate of drug-likeness (QED) is 0.358. The molecule has 10 heteroatoms. The van der Waals surface area contributed by atoms with Gasteiger partial charge in [0.15, 0.2) is 0 Å². The number of fused-ring (bicyclic) bond motifs is 1. The van der Waals surface area contributed by atoms with Gasteiger partial charge in [0.2, 0.25) is 6.17 Å². The van der Waals surface area contributed by atoms with Crippen LogP contribution in [0.25, 0.3) is 10.9 Å². The number of amides is 2. The van der Waals surface area contributed by atoms with Crippen LogP contribution in [-0.2, 0) is 16.0 Å².